The van der Waals surface area contributed by atoms with Crippen molar-refractivity contribution in [1.29, 1.82) is 0 Å². The Morgan fingerprint density at radius 3 is 2.81 bits per heavy atom. The predicted molar refractivity (Wildman–Crippen MR) is 130 cm³/mol. The lowest BCUT2D eigenvalue weighted by atomic mass is 9.89. The Labute approximate surface area is 206 Å². The van der Waals surface area contributed by atoms with E-state index >= 15 is 0 Å². The van der Waals surface area contributed by atoms with Gasteiger partial charge in [0.15, 0.2) is 0 Å². The van der Waals surface area contributed by atoms with Crippen molar-refractivity contribution in [2.75, 3.05) is 30.0 Å². The number of nitrogens with one attached hydrogen (secondary N) is 1. The van der Waals surface area contributed by atoms with Gasteiger partial charge in [-0.05, 0) is 55.7 Å². The topological polar surface area (TPSA) is 74.7 Å². The van der Waals surface area contributed by atoms with Crippen LogP contribution in [0, 0.1) is 6.92 Å². The molecule has 6 nitrogen and oxygen atoms in total. The molecule has 3 aromatic rings. The quantitative estimate of drug-likeness (QED) is 0.510. The summed E-state index contributed by atoms with van der Waals surface area (Å²) in [4.78, 5) is 19.4. The number of fused-ring (bicyclic) bond motifs is 3. The predicted octanol–water partition coefficient (Wildman–Crippen LogP) is 5.36. The number of anilines is 2. The van der Waals surface area contributed by atoms with E-state index in [4.69, 9.17) is 4.74 Å². The van der Waals surface area contributed by atoms with Crippen LogP contribution in [0.1, 0.15) is 46.1 Å². The maximum Gasteiger partial charge on any atom is 0.416 e. The van der Waals surface area contributed by atoms with Gasteiger partial charge in [0.2, 0.25) is 0 Å². The van der Waals surface area contributed by atoms with Gasteiger partial charge >= 0.3 is 6.18 Å². The molecule has 9 heteroatoms. The van der Waals surface area contributed by atoms with Crippen LogP contribution in [0.25, 0.3) is 11.1 Å². The summed E-state index contributed by atoms with van der Waals surface area (Å²) in [5.41, 5.74) is 3.61. The molecule has 3 heterocycles. The summed E-state index contributed by atoms with van der Waals surface area (Å²) in [5, 5.41) is 13.4. The van der Waals surface area contributed by atoms with Gasteiger partial charge in [-0.15, -0.1) is 0 Å². The number of aryl methyl sites for hydroxylation is 1. The van der Waals surface area contributed by atoms with Crippen LogP contribution >= 0.6 is 0 Å². The van der Waals surface area contributed by atoms with Gasteiger partial charge in [0.05, 0.1) is 30.2 Å². The minimum absolute atomic E-state index is 0.0934. The first-order valence-corrected chi connectivity index (χ1v) is 11.8. The minimum atomic E-state index is -4.53. The second-order valence-corrected chi connectivity index (χ2v) is 9.16. The zero-order valence-electron chi connectivity index (χ0n) is 19.7. The molecule has 2 N–H and O–H groups in total. The summed E-state index contributed by atoms with van der Waals surface area (Å²) in [5.74, 6) is -0.654. The number of aliphatic hydroxyl groups is 1. The smallest absolute Gasteiger partial charge is 0.388 e. The number of hydrogen-bond donors (Lipinski definition) is 2. The van der Waals surface area contributed by atoms with E-state index in [0.717, 1.165) is 53.2 Å². The van der Waals surface area contributed by atoms with Crippen molar-refractivity contribution in [2.45, 2.75) is 38.1 Å². The second kappa shape index (κ2) is 9.55. The molecule has 0 unspecified atom stereocenters. The van der Waals surface area contributed by atoms with Gasteiger partial charge in [0.25, 0.3) is 5.91 Å². The summed E-state index contributed by atoms with van der Waals surface area (Å²) in [6, 6.07) is 12.1. The number of amides is 1. The standard InChI is InChI=1S/C27H26F3N3O3/c1-16-23(13-20(15-31-16)32-26(35)18-3-2-4-19(11-18)27(28,29)30)17-5-6-22-24(12-17)33-8-10-36-9-7-21(33)14-25(22)34/h2-6,11-13,15,21,25,34H,7-10,14H2,1H3,(H,32,35)/t21-,25-/m0/s1. The highest BCUT2D eigenvalue weighted by molar-refractivity contribution is 6.04. The number of nitrogens with zero attached hydrogens (tertiary/aromatic N) is 2. The highest BCUT2D eigenvalue weighted by atomic mass is 19.4. The number of rotatable bonds is 3. The van der Waals surface area contributed by atoms with Crippen LogP contribution in [0.4, 0.5) is 24.5 Å². The van der Waals surface area contributed by atoms with E-state index in [2.05, 4.69) is 15.2 Å². The zero-order valence-corrected chi connectivity index (χ0v) is 19.7. The Kier molecular flexibility index (Phi) is 6.44. The Balaban J connectivity index is 1.44. The lowest BCUT2D eigenvalue weighted by Crippen LogP contribution is -2.41. The summed E-state index contributed by atoms with van der Waals surface area (Å²) < 4.78 is 44.8. The fourth-order valence-electron chi connectivity index (χ4n) is 4.95. The first-order chi connectivity index (χ1) is 17.2. The molecule has 2 aliphatic heterocycles. The average Bonchev–Trinajstić information content (AvgIpc) is 3.10. The van der Waals surface area contributed by atoms with Crippen molar-refractivity contribution in [1.82, 2.24) is 4.98 Å². The third kappa shape index (κ3) is 4.81. The molecule has 2 atom stereocenters. The molecule has 1 fully saturated rings. The van der Waals surface area contributed by atoms with Crippen molar-refractivity contribution >= 4 is 17.3 Å². The lowest BCUT2D eigenvalue weighted by molar-refractivity contribution is -0.137. The molecule has 2 aliphatic rings. The highest BCUT2D eigenvalue weighted by Gasteiger charge is 2.33. The second-order valence-electron chi connectivity index (χ2n) is 9.16. The Morgan fingerprint density at radius 1 is 1.17 bits per heavy atom. The van der Waals surface area contributed by atoms with Gasteiger partial charge in [0.1, 0.15) is 0 Å². The molecule has 0 radical (unpaired) electrons. The van der Waals surface area contributed by atoms with Crippen LogP contribution in [0.3, 0.4) is 0 Å². The van der Waals surface area contributed by atoms with Crippen LogP contribution in [0.2, 0.25) is 0 Å². The van der Waals surface area contributed by atoms with E-state index in [1.54, 1.807) is 6.07 Å². The molecular weight excluding hydrogens is 471 g/mol. The van der Waals surface area contributed by atoms with Crippen LogP contribution in [-0.4, -0.2) is 41.8 Å². The number of carbonyl (C=O) groups excluding carboxylic acids is 1. The van der Waals surface area contributed by atoms with Gasteiger partial charge in [0, 0.05) is 47.3 Å². The van der Waals surface area contributed by atoms with Gasteiger partial charge in [-0.25, -0.2) is 0 Å². The van der Waals surface area contributed by atoms with E-state index in [1.807, 2.05) is 25.1 Å². The van der Waals surface area contributed by atoms with Crippen molar-refractivity contribution in [3.63, 3.8) is 0 Å². The van der Waals surface area contributed by atoms with Crippen molar-refractivity contribution in [2.24, 2.45) is 0 Å². The fraction of sp³-hybridized carbons (Fsp3) is 0.333. The largest absolute Gasteiger partial charge is 0.416 e. The monoisotopic (exact) mass is 497 g/mol. The van der Waals surface area contributed by atoms with Gasteiger partial charge in [-0.3, -0.25) is 9.78 Å². The lowest BCUT2D eigenvalue weighted by Gasteiger charge is -2.39. The van der Waals surface area contributed by atoms with Crippen molar-refractivity contribution < 1.29 is 27.8 Å². The number of benzene rings is 2. The first-order valence-electron chi connectivity index (χ1n) is 11.8. The number of carbonyl (C=O) groups is 1. The van der Waals surface area contributed by atoms with Crippen LogP contribution in [-0.2, 0) is 10.9 Å². The van der Waals surface area contributed by atoms with Gasteiger partial charge in [-0.1, -0.05) is 18.2 Å². The molecule has 1 aromatic heterocycles. The van der Waals surface area contributed by atoms with Crippen molar-refractivity contribution in [3.05, 3.63) is 77.1 Å². The summed E-state index contributed by atoms with van der Waals surface area (Å²) in [6.07, 6.45) is -2.10. The molecular formula is C27H26F3N3O3. The molecule has 36 heavy (non-hydrogen) atoms. The minimum Gasteiger partial charge on any atom is -0.388 e. The zero-order chi connectivity index (χ0) is 25.4. The molecule has 0 saturated carbocycles. The molecule has 1 amide bonds. The highest BCUT2D eigenvalue weighted by Crippen LogP contribution is 2.41. The number of aliphatic hydroxyl groups excluding tert-OH is 1. The Morgan fingerprint density at radius 2 is 2.00 bits per heavy atom. The van der Waals surface area contributed by atoms with Crippen molar-refractivity contribution in [3.8, 4) is 11.1 Å². The average molecular weight is 498 g/mol. The molecule has 188 valence electrons. The number of aromatic nitrogens is 1. The molecule has 0 bridgehead atoms. The third-order valence-corrected chi connectivity index (χ3v) is 6.81. The van der Waals surface area contributed by atoms with E-state index < -0.39 is 23.8 Å². The molecule has 0 aliphatic carbocycles. The van der Waals surface area contributed by atoms with Gasteiger partial charge < -0.3 is 20.1 Å². The van der Waals surface area contributed by atoms with Crippen LogP contribution < -0.4 is 10.2 Å². The number of alkyl halides is 3. The van der Waals surface area contributed by atoms with E-state index in [1.165, 1.54) is 18.3 Å². The third-order valence-electron chi connectivity index (χ3n) is 6.81. The molecule has 1 saturated heterocycles. The summed E-state index contributed by atoms with van der Waals surface area (Å²) >= 11 is 0. The van der Waals surface area contributed by atoms with E-state index in [-0.39, 0.29) is 11.6 Å². The van der Waals surface area contributed by atoms with E-state index in [0.29, 0.717) is 25.3 Å². The maximum atomic E-state index is 13.0. The first kappa shape index (κ1) is 24.3. The fourth-order valence-corrected chi connectivity index (χ4v) is 4.95. The normalized spacial score (nSPS) is 19.8. The van der Waals surface area contributed by atoms with Crippen LogP contribution in [0.15, 0.2) is 54.7 Å². The maximum absolute atomic E-state index is 13.0. The molecule has 0 spiro atoms. The summed E-state index contributed by atoms with van der Waals surface area (Å²) in [7, 11) is 0. The SMILES string of the molecule is Cc1ncc(NC(=O)c2cccc(C(F)(F)F)c2)cc1-c1ccc2c(c1)N1CCOCC[C@H]1C[C@@H]2O. The molecule has 2 aromatic carbocycles. The van der Waals surface area contributed by atoms with Gasteiger partial charge in [-0.2, -0.15) is 13.2 Å². The Hall–Kier alpha value is -3.43. The summed E-state index contributed by atoms with van der Waals surface area (Å²) in [6.45, 7) is 3.87. The number of ether oxygens (including phenoxy) is 1. The number of halogens is 3. The van der Waals surface area contributed by atoms with E-state index in [9.17, 15) is 23.1 Å². The van der Waals surface area contributed by atoms with Crippen LogP contribution in [0.5, 0.6) is 0 Å². The Bertz CT molecular complexity index is 1290. The number of hydrogen-bond acceptors (Lipinski definition) is 5. The molecule has 5 rings (SSSR count). The number of pyridine rings is 1.